The van der Waals surface area contributed by atoms with Crippen molar-refractivity contribution in [1.29, 1.82) is 0 Å². The highest BCUT2D eigenvalue weighted by molar-refractivity contribution is 5.93. The number of unbranched alkanes of at least 4 members (excludes halogenated alkanes) is 1. The molecule has 1 aromatic rings. The number of rotatable bonds is 8. The van der Waals surface area contributed by atoms with E-state index in [1.54, 1.807) is 26.0 Å². The number of carbonyl (C=O) groups excluding carboxylic acids is 1. The van der Waals surface area contributed by atoms with Gasteiger partial charge in [-0.25, -0.2) is 0 Å². The number of piperazine rings is 1. The van der Waals surface area contributed by atoms with Crippen LogP contribution in [0.3, 0.4) is 0 Å². The van der Waals surface area contributed by atoms with Gasteiger partial charge in [0.15, 0.2) is 5.96 Å². The Labute approximate surface area is 169 Å². The molecular formula is C21H36N6O. The summed E-state index contributed by atoms with van der Waals surface area (Å²) in [7, 11) is 7.51. The van der Waals surface area contributed by atoms with E-state index in [9.17, 15) is 4.79 Å². The molecule has 0 aliphatic carbocycles. The van der Waals surface area contributed by atoms with E-state index in [2.05, 4.69) is 32.5 Å². The van der Waals surface area contributed by atoms with Crippen LogP contribution in [0.5, 0.6) is 0 Å². The number of nitrogens with one attached hydrogen (secondary N) is 2. The molecule has 0 unspecified atom stereocenters. The number of hydrogen-bond acceptors (Lipinski definition) is 4. The Morgan fingerprint density at radius 2 is 1.75 bits per heavy atom. The van der Waals surface area contributed by atoms with Gasteiger partial charge in [0, 0.05) is 66.0 Å². The molecule has 1 amide bonds. The largest absolute Gasteiger partial charge is 0.356 e. The van der Waals surface area contributed by atoms with Gasteiger partial charge in [-0.3, -0.25) is 9.79 Å². The molecule has 0 atom stereocenters. The predicted molar refractivity (Wildman–Crippen MR) is 116 cm³/mol. The van der Waals surface area contributed by atoms with E-state index < -0.39 is 0 Å². The van der Waals surface area contributed by atoms with Crippen molar-refractivity contribution in [2.75, 3.05) is 67.5 Å². The molecule has 2 N–H and O–H groups in total. The summed E-state index contributed by atoms with van der Waals surface area (Å²) in [4.78, 5) is 22.7. The van der Waals surface area contributed by atoms with Gasteiger partial charge in [0.05, 0.1) is 0 Å². The first-order valence-electron chi connectivity index (χ1n) is 10.2. The Morgan fingerprint density at radius 1 is 1.07 bits per heavy atom. The molecule has 1 aliphatic heterocycles. The summed E-state index contributed by atoms with van der Waals surface area (Å²) in [6.07, 6.45) is 2.34. The van der Waals surface area contributed by atoms with Crippen LogP contribution in [0, 0.1) is 0 Å². The lowest BCUT2D eigenvalue weighted by Gasteiger charge is -2.32. The standard InChI is InChI=1S/C21H36N6O/c1-22-21(23-11-5-6-12-27-15-13-26(4)14-16-27)24-17-18-7-9-19(10-8-18)20(28)25(2)3/h7-10H,5-6,11-17H2,1-4H3,(H2,22,23,24). The van der Waals surface area contributed by atoms with Crippen molar-refractivity contribution < 1.29 is 4.79 Å². The van der Waals surface area contributed by atoms with Crippen LogP contribution in [0.4, 0.5) is 0 Å². The zero-order valence-corrected chi connectivity index (χ0v) is 17.9. The maximum atomic E-state index is 11.9. The van der Waals surface area contributed by atoms with Gasteiger partial charge in [-0.1, -0.05) is 12.1 Å². The lowest BCUT2D eigenvalue weighted by atomic mass is 10.1. The van der Waals surface area contributed by atoms with Gasteiger partial charge in [0.25, 0.3) is 5.91 Å². The lowest BCUT2D eigenvalue weighted by Crippen LogP contribution is -2.44. The summed E-state index contributed by atoms with van der Waals surface area (Å²) in [5, 5.41) is 6.71. The Bertz CT molecular complexity index is 620. The summed E-state index contributed by atoms with van der Waals surface area (Å²) in [6, 6.07) is 7.70. The van der Waals surface area contributed by atoms with E-state index in [1.165, 1.54) is 39.1 Å². The maximum Gasteiger partial charge on any atom is 0.253 e. The van der Waals surface area contributed by atoms with Crippen molar-refractivity contribution in [3.05, 3.63) is 35.4 Å². The van der Waals surface area contributed by atoms with Gasteiger partial charge >= 0.3 is 0 Å². The minimum absolute atomic E-state index is 0.0218. The second-order valence-electron chi connectivity index (χ2n) is 7.60. The number of aliphatic imine (C=N–C) groups is 1. The third-order valence-corrected chi connectivity index (χ3v) is 5.08. The monoisotopic (exact) mass is 388 g/mol. The Kier molecular flexibility index (Phi) is 9.23. The first kappa shape index (κ1) is 22.2. The SMILES string of the molecule is CN=C(NCCCCN1CCN(C)CC1)NCc1ccc(C(=O)N(C)C)cc1. The molecule has 1 aromatic carbocycles. The van der Waals surface area contributed by atoms with E-state index in [4.69, 9.17) is 0 Å². The summed E-state index contributed by atoms with van der Waals surface area (Å²) < 4.78 is 0. The van der Waals surface area contributed by atoms with Crippen LogP contribution in [-0.2, 0) is 6.54 Å². The highest BCUT2D eigenvalue weighted by atomic mass is 16.2. The minimum atomic E-state index is 0.0218. The average Bonchev–Trinajstić information content (AvgIpc) is 2.71. The van der Waals surface area contributed by atoms with Crippen molar-refractivity contribution in [2.45, 2.75) is 19.4 Å². The first-order valence-corrected chi connectivity index (χ1v) is 10.2. The number of likely N-dealkylation sites (N-methyl/N-ethyl adjacent to an activating group) is 1. The van der Waals surface area contributed by atoms with Gasteiger partial charge in [-0.15, -0.1) is 0 Å². The lowest BCUT2D eigenvalue weighted by molar-refractivity contribution is 0.0827. The van der Waals surface area contributed by atoms with Crippen molar-refractivity contribution in [1.82, 2.24) is 25.3 Å². The second-order valence-corrected chi connectivity index (χ2v) is 7.60. The molecule has 0 bridgehead atoms. The zero-order chi connectivity index (χ0) is 20.4. The normalized spacial score (nSPS) is 16.1. The van der Waals surface area contributed by atoms with Gasteiger partial charge in [0.1, 0.15) is 0 Å². The molecule has 1 fully saturated rings. The fraction of sp³-hybridized carbons (Fsp3) is 0.619. The van der Waals surface area contributed by atoms with Crippen LogP contribution in [-0.4, -0.2) is 94.0 Å². The summed E-state index contributed by atoms with van der Waals surface area (Å²) in [5.74, 6) is 0.835. The van der Waals surface area contributed by atoms with E-state index in [1.807, 2.05) is 24.3 Å². The quantitative estimate of drug-likeness (QED) is 0.396. The van der Waals surface area contributed by atoms with Crippen LogP contribution >= 0.6 is 0 Å². The van der Waals surface area contributed by atoms with E-state index in [-0.39, 0.29) is 5.91 Å². The molecule has 156 valence electrons. The number of guanidine groups is 1. The average molecular weight is 389 g/mol. The van der Waals surface area contributed by atoms with E-state index in [0.29, 0.717) is 12.1 Å². The molecule has 1 saturated heterocycles. The molecule has 0 saturated carbocycles. The van der Waals surface area contributed by atoms with Crippen molar-refractivity contribution in [3.8, 4) is 0 Å². The second kappa shape index (κ2) is 11.7. The van der Waals surface area contributed by atoms with Crippen LogP contribution in [0.15, 0.2) is 29.3 Å². The Balaban J connectivity index is 1.62. The molecule has 7 nitrogen and oxygen atoms in total. The van der Waals surface area contributed by atoms with Gasteiger partial charge in [-0.2, -0.15) is 0 Å². The van der Waals surface area contributed by atoms with Crippen molar-refractivity contribution >= 4 is 11.9 Å². The van der Waals surface area contributed by atoms with Crippen molar-refractivity contribution in [3.63, 3.8) is 0 Å². The van der Waals surface area contributed by atoms with Crippen molar-refractivity contribution in [2.24, 2.45) is 4.99 Å². The highest BCUT2D eigenvalue weighted by Crippen LogP contribution is 2.06. The fourth-order valence-corrected chi connectivity index (χ4v) is 3.17. The Hall–Kier alpha value is -2.12. The number of hydrogen-bond donors (Lipinski definition) is 2. The molecule has 0 spiro atoms. The number of nitrogens with zero attached hydrogens (tertiary/aromatic N) is 4. The number of amides is 1. The first-order chi connectivity index (χ1) is 13.5. The third kappa shape index (κ3) is 7.48. The van der Waals surface area contributed by atoms with Crippen LogP contribution in [0.2, 0.25) is 0 Å². The Morgan fingerprint density at radius 3 is 2.36 bits per heavy atom. The molecule has 2 rings (SSSR count). The molecule has 28 heavy (non-hydrogen) atoms. The molecule has 7 heteroatoms. The molecule has 0 aromatic heterocycles. The highest BCUT2D eigenvalue weighted by Gasteiger charge is 2.12. The molecule has 1 aliphatic rings. The summed E-state index contributed by atoms with van der Waals surface area (Å²) in [6.45, 7) is 7.51. The maximum absolute atomic E-state index is 11.9. The number of carbonyl (C=O) groups is 1. The van der Waals surface area contributed by atoms with Gasteiger partial charge < -0.3 is 25.3 Å². The van der Waals surface area contributed by atoms with E-state index in [0.717, 1.165) is 24.5 Å². The zero-order valence-electron chi connectivity index (χ0n) is 17.9. The minimum Gasteiger partial charge on any atom is -0.356 e. The molecular weight excluding hydrogens is 352 g/mol. The van der Waals surface area contributed by atoms with Gasteiger partial charge in [0.2, 0.25) is 0 Å². The van der Waals surface area contributed by atoms with E-state index >= 15 is 0 Å². The summed E-state index contributed by atoms with van der Waals surface area (Å²) in [5.41, 5.74) is 1.82. The van der Waals surface area contributed by atoms with Crippen LogP contribution < -0.4 is 10.6 Å². The fourth-order valence-electron chi connectivity index (χ4n) is 3.17. The van der Waals surface area contributed by atoms with Crippen LogP contribution in [0.25, 0.3) is 0 Å². The topological polar surface area (TPSA) is 63.2 Å². The summed E-state index contributed by atoms with van der Waals surface area (Å²) >= 11 is 0. The molecule has 1 heterocycles. The van der Waals surface area contributed by atoms with Gasteiger partial charge in [-0.05, 0) is 44.1 Å². The third-order valence-electron chi connectivity index (χ3n) is 5.08. The smallest absolute Gasteiger partial charge is 0.253 e. The number of benzene rings is 1. The predicted octanol–water partition coefficient (Wildman–Crippen LogP) is 1.08. The van der Waals surface area contributed by atoms with Crippen LogP contribution in [0.1, 0.15) is 28.8 Å². The molecule has 0 radical (unpaired) electrons.